The van der Waals surface area contributed by atoms with E-state index in [4.69, 9.17) is 9.47 Å². The van der Waals surface area contributed by atoms with Crippen LogP contribution in [0.5, 0.6) is 5.75 Å². The Balaban J connectivity index is 1.34. The highest BCUT2D eigenvalue weighted by Crippen LogP contribution is 2.37. The first-order valence-electron chi connectivity index (χ1n) is 8.19. The molecule has 0 saturated carbocycles. The van der Waals surface area contributed by atoms with E-state index >= 15 is 0 Å². The van der Waals surface area contributed by atoms with E-state index in [-0.39, 0.29) is 11.7 Å². The minimum atomic E-state index is -0.0147. The van der Waals surface area contributed by atoms with E-state index in [1.165, 1.54) is 9.75 Å². The molecule has 0 aliphatic carbocycles. The van der Waals surface area contributed by atoms with Gasteiger partial charge in [-0.25, -0.2) is 0 Å². The number of ether oxygens (including phenoxy) is 2. The number of aromatic nitrogens is 1. The molecule has 1 spiro atoms. The number of rotatable bonds is 4. The average molecular weight is 330 g/mol. The lowest BCUT2D eigenvalue weighted by molar-refractivity contribution is 0.00940. The lowest BCUT2D eigenvalue weighted by Gasteiger charge is -2.23. The van der Waals surface area contributed by atoms with E-state index < -0.39 is 0 Å². The van der Waals surface area contributed by atoms with Crippen LogP contribution in [-0.2, 0) is 11.3 Å². The third-order valence-electron chi connectivity index (χ3n) is 4.68. The van der Waals surface area contributed by atoms with Crippen molar-refractivity contribution in [1.29, 1.82) is 0 Å². The Morgan fingerprint density at radius 1 is 1.43 bits per heavy atom. The second-order valence-corrected chi connectivity index (χ2v) is 7.97. The van der Waals surface area contributed by atoms with Crippen molar-refractivity contribution in [3.05, 3.63) is 46.4 Å². The van der Waals surface area contributed by atoms with Crippen LogP contribution < -0.4 is 4.74 Å². The molecule has 2 aromatic rings. The molecule has 0 N–H and O–H groups in total. The molecule has 0 radical (unpaired) electrons. The lowest BCUT2D eigenvalue weighted by atomic mass is 9.98. The fourth-order valence-electron chi connectivity index (χ4n) is 3.62. The van der Waals surface area contributed by atoms with E-state index in [9.17, 15) is 0 Å². The van der Waals surface area contributed by atoms with Crippen LogP contribution in [0.3, 0.4) is 0 Å². The molecule has 0 unspecified atom stereocenters. The first-order chi connectivity index (χ1) is 11.2. The number of hydrogen-bond donors (Lipinski definition) is 0. The summed E-state index contributed by atoms with van der Waals surface area (Å²) in [5.74, 6) is 0.835. The average Bonchev–Trinajstić information content (AvgIpc) is 3.24. The highest BCUT2D eigenvalue weighted by molar-refractivity contribution is 7.11. The molecule has 4 nitrogen and oxygen atoms in total. The van der Waals surface area contributed by atoms with E-state index in [2.05, 4.69) is 28.9 Å². The van der Waals surface area contributed by atoms with Crippen molar-refractivity contribution in [3.63, 3.8) is 0 Å². The molecular formula is C18H22N2O2S. The smallest absolute Gasteiger partial charge is 0.138 e. The summed E-state index contributed by atoms with van der Waals surface area (Å²) in [4.78, 5) is 9.45. The van der Waals surface area contributed by atoms with Gasteiger partial charge in [0.2, 0.25) is 0 Å². The molecule has 0 amide bonds. The van der Waals surface area contributed by atoms with Gasteiger partial charge in [-0.3, -0.25) is 9.88 Å². The fourth-order valence-corrected chi connectivity index (χ4v) is 4.56. The zero-order valence-electron chi connectivity index (χ0n) is 13.4. The Bertz CT molecular complexity index is 660. The SMILES string of the molecule is Cc1ccc(CN2CC[C@]3(C[C@H](Oc4cccnc4)CO3)C2)s1. The number of likely N-dealkylation sites (tertiary alicyclic amines) is 1. The fraction of sp³-hybridized carbons (Fsp3) is 0.500. The summed E-state index contributed by atoms with van der Waals surface area (Å²) in [5.41, 5.74) is -0.0147. The summed E-state index contributed by atoms with van der Waals surface area (Å²) < 4.78 is 12.2. The molecule has 5 heteroatoms. The molecule has 122 valence electrons. The molecule has 2 atom stereocenters. The molecule has 2 aromatic heterocycles. The van der Waals surface area contributed by atoms with Crippen molar-refractivity contribution in [1.82, 2.24) is 9.88 Å². The number of thiophene rings is 1. The predicted octanol–water partition coefficient (Wildman–Crippen LogP) is 3.26. The van der Waals surface area contributed by atoms with E-state index in [0.29, 0.717) is 6.61 Å². The van der Waals surface area contributed by atoms with Crippen LogP contribution in [0.2, 0.25) is 0 Å². The molecule has 2 saturated heterocycles. The van der Waals surface area contributed by atoms with Crippen molar-refractivity contribution in [3.8, 4) is 5.75 Å². The van der Waals surface area contributed by atoms with Crippen LogP contribution in [0.1, 0.15) is 22.6 Å². The maximum absolute atomic E-state index is 6.18. The van der Waals surface area contributed by atoms with Gasteiger partial charge in [0, 0.05) is 42.0 Å². The summed E-state index contributed by atoms with van der Waals surface area (Å²) in [6, 6.07) is 8.31. The van der Waals surface area contributed by atoms with Crippen molar-refractivity contribution in [2.24, 2.45) is 0 Å². The van der Waals surface area contributed by atoms with Gasteiger partial charge in [0.15, 0.2) is 0 Å². The number of hydrogen-bond acceptors (Lipinski definition) is 5. The van der Waals surface area contributed by atoms with Crippen molar-refractivity contribution in [2.45, 2.75) is 38.0 Å². The van der Waals surface area contributed by atoms with Crippen molar-refractivity contribution >= 4 is 11.3 Å². The molecule has 4 heterocycles. The lowest BCUT2D eigenvalue weighted by Crippen LogP contribution is -2.33. The zero-order valence-corrected chi connectivity index (χ0v) is 14.2. The van der Waals surface area contributed by atoms with Crippen LogP contribution in [-0.4, -0.2) is 41.3 Å². The Labute approximate surface area is 141 Å². The van der Waals surface area contributed by atoms with Gasteiger partial charge in [0.05, 0.1) is 18.4 Å². The summed E-state index contributed by atoms with van der Waals surface area (Å²) >= 11 is 1.89. The van der Waals surface area contributed by atoms with Gasteiger partial charge >= 0.3 is 0 Å². The summed E-state index contributed by atoms with van der Waals surface area (Å²) in [7, 11) is 0. The summed E-state index contributed by atoms with van der Waals surface area (Å²) in [6.45, 7) is 6.01. The Kier molecular flexibility index (Phi) is 4.09. The summed E-state index contributed by atoms with van der Waals surface area (Å²) in [5, 5.41) is 0. The normalized spacial score (nSPS) is 27.8. The largest absolute Gasteiger partial charge is 0.486 e. The molecule has 23 heavy (non-hydrogen) atoms. The topological polar surface area (TPSA) is 34.6 Å². The van der Waals surface area contributed by atoms with Gasteiger partial charge < -0.3 is 9.47 Å². The Hall–Kier alpha value is -1.43. The molecule has 2 aliphatic heterocycles. The minimum absolute atomic E-state index is 0.0147. The second-order valence-electron chi connectivity index (χ2n) is 6.60. The highest BCUT2D eigenvalue weighted by Gasteiger charge is 2.46. The number of aryl methyl sites for hydroxylation is 1. The molecular weight excluding hydrogens is 308 g/mol. The van der Waals surface area contributed by atoms with Crippen LogP contribution in [0.25, 0.3) is 0 Å². The van der Waals surface area contributed by atoms with Gasteiger partial charge in [0.25, 0.3) is 0 Å². The van der Waals surface area contributed by atoms with Crippen LogP contribution in [0, 0.1) is 6.92 Å². The monoisotopic (exact) mass is 330 g/mol. The first-order valence-corrected chi connectivity index (χ1v) is 9.01. The predicted molar refractivity (Wildman–Crippen MR) is 90.9 cm³/mol. The zero-order chi connectivity index (χ0) is 15.7. The van der Waals surface area contributed by atoms with Crippen LogP contribution >= 0.6 is 11.3 Å². The van der Waals surface area contributed by atoms with Gasteiger partial charge in [-0.15, -0.1) is 11.3 Å². The molecule has 2 fully saturated rings. The molecule has 4 rings (SSSR count). The van der Waals surface area contributed by atoms with Gasteiger partial charge in [-0.2, -0.15) is 0 Å². The van der Waals surface area contributed by atoms with E-state index in [1.54, 1.807) is 12.4 Å². The first kappa shape index (κ1) is 15.1. The standard InChI is InChI=1S/C18H22N2O2S/c1-14-4-5-17(23-14)11-20-8-6-18(13-20)9-16(12-21-18)22-15-3-2-7-19-10-15/h2-5,7,10,16H,6,8-9,11-13H2,1H3/t16-,18-/m0/s1. The maximum Gasteiger partial charge on any atom is 0.138 e. The minimum Gasteiger partial charge on any atom is -0.486 e. The van der Waals surface area contributed by atoms with Gasteiger partial charge in [0.1, 0.15) is 11.9 Å². The Morgan fingerprint density at radius 2 is 2.39 bits per heavy atom. The number of pyridine rings is 1. The Morgan fingerprint density at radius 3 is 3.17 bits per heavy atom. The van der Waals surface area contributed by atoms with E-state index in [1.807, 2.05) is 23.5 Å². The van der Waals surface area contributed by atoms with E-state index in [0.717, 1.165) is 38.2 Å². The quantitative estimate of drug-likeness (QED) is 0.862. The van der Waals surface area contributed by atoms with Gasteiger partial charge in [-0.1, -0.05) is 0 Å². The summed E-state index contributed by atoms with van der Waals surface area (Å²) in [6.07, 6.45) is 5.75. The maximum atomic E-state index is 6.18. The molecule has 2 aliphatic rings. The molecule has 0 aromatic carbocycles. The van der Waals surface area contributed by atoms with Crippen molar-refractivity contribution < 1.29 is 9.47 Å². The number of nitrogens with zero attached hydrogens (tertiary/aromatic N) is 2. The third kappa shape index (κ3) is 3.42. The van der Waals surface area contributed by atoms with Gasteiger partial charge in [-0.05, 0) is 37.6 Å². The third-order valence-corrected chi connectivity index (χ3v) is 5.67. The van der Waals surface area contributed by atoms with Crippen LogP contribution in [0.15, 0.2) is 36.7 Å². The second kappa shape index (κ2) is 6.23. The molecule has 0 bridgehead atoms. The van der Waals surface area contributed by atoms with Crippen LogP contribution in [0.4, 0.5) is 0 Å². The van der Waals surface area contributed by atoms with Crippen molar-refractivity contribution in [2.75, 3.05) is 19.7 Å². The highest BCUT2D eigenvalue weighted by atomic mass is 32.1.